The smallest absolute Gasteiger partial charge is 0.239 e. The topological polar surface area (TPSA) is 84.2 Å². The van der Waals surface area contributed by atoms with Gasteiger partial charge in [-0.1, -0.05) is 19.1 Å². The number of thiocarbonyl (C=S) groups is 1. The van der Waals surface area contributed by atoms with E-state index in [0.29, 0.717) is 6.42 Å². The summed E-state index contributed by atoms with van der Waals surface area (Å²) in [6.45, 7) is 7.37. The summed E-state index contributed by atoms with van der Waals surface area (Å²) in [5, 5.41) is 5.26. The summed E-state index contributed by atoms with van der Waals surface area (Å²) < 4.78 is 0. The van der Waals surface area contributed by atoms with Gasteiger partial charge in [-0.3, -0.25) is 9.59 Å². The lowest BCUT2D eigenvalue weighted by Crippen LogP contribution is -2.47. The lowest BCUT2D eigenvalue weighted by Gasteiger charge is -2.21. The molecule has 0 bridgehead atoms. The second-order valence-electron chi connectivity index (χ2n) is 4.88. The molecule has 2 amide bonds. The number of amides is 2. The normalized spacial score (nSPS) is 12.7. The number of hydrogen-bond acceptors (Lipinski definition) is 3. The molecule has 0 saturated heterocycles. The molecule has 1 atom stereocenters. The van der Waals surface area contributed by atoms with Gasteiger partial charge in [0.2, 0.25) is 11.8 Å². The molecule has 0 aliphatic heterocycles. The summed E-state index contributed by atoms with van der Waals surface area (Å²) in [6, 6.07) is 0. The van der Waals surface area contributed by atoms with E-state index < -0.39 is 5.92 Å². The van der Waals surface area contributed by atoms with Gasteiger partial charge in [0, 0.05) is 5.54 Å². The third kappa shape index (κ3) is 6.88. The molecule has 0 heterocycles. The van der Waals surface area contributed by atoms with Crippen LogP contribution in [0.4, 0.5) is 0 Å². The van der Waals surface area contributed by atoms with Gasteiger partial charge in [0.15, 0.2) is 0 Å². The van der Waals surface area contributed by atoms with Crippen molar-refractivity contribution in [1.82, 2.24) is 10.6 Å². The SMILES string of the molecule is CCC(C(=O)NCC(=O)NC(C)(C)C)C(N)=S. The van der Waals surface area contributed by atoms with Crippen LogP contribution in [0.5, 0.6) is 0 Å². The Labute approximate surface area is 108 Å². The van der Waals surface area contributed by atoms with E-state index in [1.54, 1.807) is 0 Å². The molecule has 0 aromatic heterocycles. The van der Waals surface area contributed by atoms with Crippen LogP contribution in [0.3, 0.4) is 0 Å². The van der Waals surface area contributed by atoms with E-state index in [1.165, 1.54) is 0 Å². The fraction of sp³-hybridized carbons (Fsp3) is 0.727. The highest BCUT2D eigenvalue weighted by molar-refractivity contribution is 7.80. The van der Waals surface area contributed by atoms with Crippen LogP contribution in [-0.2, 0) is 9.59 Å². The van der Waals surface area contributed by atoms with E-state index in [9.17, 15) is 9.59 Å². The summed E-state index contributed by atoms with van der Waals surface area (Å²) in [6.07, 6.45) is 0.530. The second kappa shape index (κ2) is 6.54. The van der Waals surface area contributed by atoms with Gasteiger partial charge in [-0.25, -0.2) is 0 Å². The zero-order valence-electron chi connectivity index (χ0n) is 10.8. The Balaban J connectivity index is 4.16. The van der Waals surface area contributed by atoms with Crippen LogP contribution >= 0.6 is 12.2 Å². The molecule has 6 heteroatoms. The van der Waals surface area contributed by atoms with Crippen molar-refractivity contribution in [3.05, 3.63) is 0 Å². The minimum atomic E-state index is -0.507. The first-order valence-corrected chi connectivity index (χ1v) is 5.96. The van der Waals surface area contributed by atoms with Gasteiger partial charge in [0.1, 0.15) is 0 Å². The van der Waals surface area contributed by atoms with Crippen molar-refractivity contribution < 1.29 is 9.59 Å². The Bertz CT molecular complexity index is 310. The molecule has 17 heavy (non-hydrogen) atoms. The van der Waals surface area contributed by atoms with Crippen LogP contribution in [0.25, 0.3) is 0 Å². The minimum absolute atomic E-state index is 0.0603. The highest BCUT2D eigenvalue weighted by Gasteiger charge is 2.20. The molecular weight excluding hydrogens is 238 g/mol. The van der Waals surface area contributed by atoms with Crippen LogP contribution in [0.1, 0.15) is 34.1 Å². The molecule has 0 aliphatic carbocycles. The van der Waals surface area contributed by atoms with E-state index >= 15 is 0 Å². The van der Waals surface area contributed by atoms with Gasteiger partial charge < -0.3 is 16.4 Å². The van der Waals surface area contributed by atoms with Crippen molar-refractivity contribution in [2.24, 2.45) is 11.7 Å². The summed E-state index contributed by atoms with van der Waals surface area (Å²) in [7, 11) is 0. The maximum absolute atomic E-state index is 11.6. The molecule has 0 saturated carbocycles. The Kier molecular flexibility index (Phi) is 6.09. The van der Waals surface area contributed by atoms with Crippen molar-refractivity contribution in [3.63, 3.8) is 0 Å². The van der Waals surface area contributed by atoms with E-state index in [2.05, 4.69) is 10.6 Å². The highest BCUT2D eigenvalue weighted by atomic mass is 32.1. The molecule has 0 aromatic rings. The average molecular weight is 259 g/mol. The predicted octanol–water partition coefficient (Wildman–Crippen LogP) is 0.330. The molecule has 0 radical (unpaired) electrons. The number of hydrogen-bond donors (Lipinski definition) is 3. The molecule has 0 spiro atoms. The quantitative estimate of drug-likeness (QED) is 0.621. The second-order valence-corrected chi connectivity index (χ2v) is 5.35. The number of nitrogens with two attached hydrogens (primary N) is 1. The highest BCUT2D eigenvalue weighted by Crippen LogP contribution is 2.02. The molecule has 0 aliphatic rings. The summed E-state index contributed by atoms with van der Waals surface area (Å²) in [5.41, 5.74) is 5.12. The summed E-state index contributed by atoms with van der Waals surface area (Å²) in [5.74, 6) is -1.04. The van der Waals surface area contributed by atoms with Gasteiger partial charge >= 0.3 is 0 Å². The van der Waals surface area contributed by atoms with E-state index in [1.807, 2.05) is 27.7 Å². The first kappa shape index (κ1) is 15.8. The maximum Gasteiger partial charge on any atom is 0.239 e. The zero-order chi connectivity index (χ0) is 13.6. The van der Waals surface area contributed by atoms with Gasteiger partial charge in [-0.15, -0.1) is 0 Å². The van der Waals surface area contributed by atoms with Crippen LogP contribution in [0.15, 0.2) is 0 Å². The van der Waals surface area contributed by atoms with Gasteiger partial charge in [-0.2, -0.15) is 0 Å². The lowest BCUT2D eigenvalue weighted by atomic mass is 10.1. The Morgan fingerprint density at radius 3 is 2.24 bits per heavy atom. The van der Waals surface area contributed by atoms with Crippen molar-refractivity contribution >= 4 is 29.0 Å². The number of carbonyl (C=O) groups is 2. The number of rotatable bonds is 5. The third-order valence-electron chi connectivity index (χ3n) is 2.01. The molecular formula is C11H21N3O2S. The van der Waals surface area contributed by atoms with Crippen LogP contribution in [0, 0.1) is 5.92 Å². The van der Waals surface area contributed by atoms with E-state index in [-0.39, 0.29) is 28.9 Å². The third-order valence-corrected chi connectivity index (χ3v) is 2.29. The van der Waals surface area contributed by atoms with E-state index in [0.717, 1.165) is 0 Å². The molecule has 0 aromatic carbocycles. The fourth-order valence-electron chi connectivity index (χ4n) is 1.27. The van der Waals surface area contributed by atoms with Gasteiger partial charge in [0.05, 0.1) is 17.5 Å². The Hall–Kier alpha value is -1.17. The van der Waals surface area contributed by atoms with Crippen LogP contribution < -0.4 is 16.4 Å². The fourth-order valence-corrected chi connectivity index (χ4v) is 1.54. The van der Waals surface area contributed by atoms with Crippen molar-refractivity contribution in [2.75, 3.05) is 6.54 Å². The van der Waals surface area contributed by atoms with Crippen LogP contribution in [0.2, 0.25) is 0 Å². The first-order chi connectivity index (χ1) is 7.67. The lowest BCUT2D eigenvalue weighted by molar-refractivity contribution is -0.127. The summed E-state index contributed by atoms with van der Waals surface area (Å²) >= 11 is 4.78. The monoisotopic (exact) mass is 259 g/mol. The van der Waals surface area contributed by atoms with Crippen LogP contribution in [-0.4, -0.2) is 28.9 Å². The van der Waals surface area contributed by atoms with Gasteiger partial charge in [0.25, 0.3) is 0 Å². The Morgan fingerprint density at radius 2 is 1.88 bits per heavy atom. The van der Waals surface area contributed by atoms with Gasteiger partial charge in [-0.05, 0) is 27.2 Å². The zero-order valence-corrected chi connectivity index (χ0v) is 11.6. The molecule has 0 rings (SSSR count). The van der Waals surface area contributed by atoms with Crippen molar-refractivity contribution in [2.45, 2.75) is 39.7 Å². The average Bonchev–Trinajstić information content (AvgIpc) is 2.12. The molecule has 98 valence electrons. The van der Waals surface area contributed by atoms with Crippen molar-refractivity contribution in [3.8, 4) is 0 Å². The predicted molar refractivity (Wildman–Crippen MR) is 71.5 cm³/mol. The van der Waals surface area contributed by atoms with Crippen molar-refractivity contribution in [1.29, 1.82) is 0 Å². The summed E-state index contributed by atoms with van der Waals surface area (Å²) in [4.78, 5) is 23.2. The standard InChI is InChI=1S/C11H21N3O2S/c1-5-7(9(12)17)10(16)13-6-8(15)14-11(2,3)4/h7H,5-6H2,1-4H3,(H2,12,17)(H,13,16)(H,14,15). The molecule has 4 N–H and O–H groups in total. The number of nitrogens with one attached hydrogen (secondary N) is 2. The maximum atomic E-state index is 11.6. The first-order valence-electron chi connectivity index (χ1n) is 5.55. The Morgan fingerprint density at radius 1 is 1.35 bits per heavy atom. The van der Waals surface area contributed by atoms with E-state index in [4.69, 9.17) is 18.0 Å². The molecule has 1 unspecified atom stereocenters. The minimum Gasteiger partial charge on any atom is -0.393 e. The molecule has 5 nitrogen and oxygen atoms in total. The molecule has 0 fully saturated rings. The largest absolute Gasteiger partial charge is 0.393 e. The number of carbonyl (C=O) groups excluding carboxylic acids is 2.